The number of aryl methyl sites for hydroxylation is 1. The highest BCUT2D eigenvalue weighted by Crippen LogP contribution is 2.30. The summed E-state index contributed by atoms with van der Waals surface area (Å²) in [7, 11) is -0.621. The maximum Gasteiger partial charge on any atom is 0.419 e. The van der Waals surface area contributed by atoms with Crippen LogP contribution in [-0.2, 0) is 21.9 Å². The average Bonchev–Trinajstić information content (AvgIpc) is 3.20. The summed E-state index contributed by atoms with van der Waals surface area (Å²) in [5.41, 5.74) is 1.76. The number of carbonyl (C=O) groups excluding carboxylic acids is 1. The van der Waals surface area contributed by atoms with Gasteiger partial charge in [-0.3, -0.25) is 9.36 Å². The molecule has 2 aromatic carbocycles. The van der Waals surface area contributed by atoms with Gasteiger partial charge in [0.25, 0.3) is 0 Å². The minimum Gasteiger partial charge on any atom is -0.495 e. The molecule has 2 aliphatic rings. The number of anilines is 1. The van der Waals surface area contributed by atoms with Gasteiger partial charge in [-0.25, -0.2) is 13.2 Å². The van der Waals surface area contributed by atoms with E-state index in [1.807, 2.05) is 29.2 Å². The molecule has 0 aliphatic carbocycles. The molecule has 1 aromatic heterocycles. The second-order valence-electron chi connectivity index (χ2n) is 9.24. The summed E-state index contributed by atoms with van der Waals surface area (Å²) >= 11 is 0. The Bertz CT molecular complexity index is 1440. The first-order valence-corrected chi connectivity index (χ1v) is 13.5. The number of hydrogen-bond acceptors (Lipinski definition) is 7. The van der Waals surface area contributed by atoms with E-state index in [2.05, 4.69) is 4.90 Å². The molecule has 192 valence electrons. The minimum atomic E-state index is -3.84. The van der Waals surface area contributed by atoms with E-state index in [1.54, 1.807) is 20.2 Å². The fraction of sp³-hybridized carbons (Fsp3) is 0.440. The highest BCUT2D eigenvalue weighted by molar-refractivity contribution is 7.89. The molecule has 5 rings (SSSR count). The van der Waals surface area contributed by atoms with Crippen molar-refractivity contribution in [1.29, 1.82) is 0 Å². The van der Waals surface area contributed by atoms with Crippen molar-refractivity contribution in [1.82, 2.24) is 13.8 Å². The summed E-state index contributed by atoms with van der Waals surface area (Å²) < 4.78 is 40.1. The molecule has 0 N–H and O–H groups in total. The van der Waals surface area contributed by atoms with Crippen molar-refractivity contribution in [3.63, 3.8) is 0 Å². The fourth-order valence-corrected chi connectivity index (χ4v) is 6.64. The van der Waals surface area contributed by atoms with Crippen LogP contribution < -0.4 is 15.4 Å². The normalized spacial score (nSPS) is 19.6. The molecule has 2 fully saturated rings. The molecule has 0 saturated carbocycles. The lowest BCUT2D eigenvalue weighted by Crippen LogP contribution is -2.53. The highest BCUT2D eigenvalue weighted by atomic mass is 32.2. The number of ether oxygens (including phenoxy) is 1. The van der Waals surface area contributed by atoms with Gasteiger partial charge in [-0.1, -0.05) is 12.1 Å². The van der Waals surface area contributed by atoms with Crippen molar-refractivity contribution in [2.75, 3.05) is 51.3 Å². The number of aromatic nitrogens is 1. The summed E-state index contributed by atoms with van der Waals surface area (Å²) in [5.74, 6) is -0.129. The van der Waals surface area contributed by atoms with Crippen LogP contribution in [0, 0.1) is 5.92 Å². The topological polar surface area (TPSA) is 105 Å². The monoisotopic (exact) mass is 514 g/mol. The molecule has 0 unspecified atom stereocenters. The van der Waals surface area contributed by atoms with Gasteiger partial charge in [-0.2, -0.15) is 4.31 Å². The zero-order valence-corrected chi connectivity index (χ0v) is 21.2. The first kappa shape index (κ1) is 24.4. The number of amides is 1. The van der Waals surface area contributed by atoms with Crippen molar-refractivity contribution >= 4 is 32.7 Å². The van der Waals surface area contributed by atoms with E-state index in [-0.39, 0.29) is 28.8 Å². The molecule has 36 heavy (non-hydrogen) atoms. The lowest BCUT2D eigenvalue weighted by Gasteiger charge is -2.39. The number of sulfonamides is 1. The van der Waals surface area contributed by atoms with E-state index in [4.69, 9.17) is 9.15 Å². The zero-order valence-electron chi connectivity index (χ0n) is 20.4. The van der Waals surface area contributed by atoms with Gasteiger partial charge in [-0.15, -0.1) is 0 Å². The number of benzene rings is 2. The van der Waals surface area contributed by atoms with Crippen LogP contribution in [0.15, 0.2) is 56.6 Å². The van der Waals surface area contributed by atoms with Crippen LogP contribution in [0.2, 0.25) is 0 Å². The zero-order chi connectivity index (χ0) is 25.4. The molecule has 2 aliphatic heterocycles. The summed E-state index contributed by atoms with van der Waals surface area (Å²) in [6.45, 7) is 3.01. The highest BCUT2D eigenvalue weighted by Gasteiger charge is 2.36. The van der Waals surface area contributed by atoms with E-state index >= 15 is 0 Å². The molecule has 1 amide bonds. The van der Waals surface area contributed by atoms with E-state index in [0.29, 0.717) is 51.1 Å². The molecule has 0 radical (unpaired) electrons. The fourth-order valence-electron chi connectivity index (χ4n) is 5.10. The Balaban J connectivity index is 1.26. The largest absolute Gasteiger partial charge is 0.495 e. The van der Waals surface area contributed by atoms with Crippen molar-refractivity contribution in [2.45, 2.75) is 17.7 Å². The minimum absolute atomic E-state index is 0.000847. The summed E-state index contributed by atoms with van der Waals surface area (Å²) in [5, 5.41) is 0. The number of piperazine rings is 1. The maximum atomic E-state index is 13.4. The van der Waals surface area contributed by atoms with E-state index < -0.39 is 15.8 Å². The van der Waals surface area contributed by atoms with E-state index in [1.165, 1.54) is 21.0 Å². The van der Waals surface area contributed by atoms with Gasteiger partial charge in [0.1, 0.15) is 5.75 Å². The molecular formula is C25H30N4O6S. The smallest absolute Gasteiger partial charge is 0.419 e. The third-order valence-electron chi connectivity index (χ3n) is 7.15. The lowest BCUT2D eigenvalue weighted by atomic mass is 9.97. The Morgan fingerprint density at radius 1 is 1.06 bits per heavy atom. The molecular weight excluding hydrogens is 484 g/mol. The second-order valence-corrected chi connectivity index (χ2v) is 11.2. The van der Waals surface area contributed by atoms with Crippen molar-refractivity contribution in [3.8, 4) is 5.75 Å². The van der Waals surface area contributed by atoms with Crippen LogP contribution in [0.4, 0.5) is 5.69 Å². The number of rotatable bonds is 5. The number of nitrogens with zero attached hydrogens (tertiary/aromatic N) is 4. The summed E-state index contributed by atoms with van der Waals surface area (Å²) in [6, 6.07) is 12.3. The molecule has 1 atom stereocenters. The molecule has 0 spiro atoms. The van der Waals surface area contributed by atoms with Crippen LogP contribution in [0.5, 0.6) is 5.75 Å². The standard InChI is InChI=1S/C25H30N4O6S/c1-26-20-10-9-19(16-23(20)35-25(26)31)36(32,33)29-11-5-6-18(17-29)24(30)28-14-12-27(13-15-28)21-7-3-4-8-22(21)34-2/h3-4,7-10,16,18H,5-6,11-15,17H2,1-2H3/t18-/m1/s1. The second kappa shape index (κ2) is 9.62. The molecule has 10 nitrogen and oxygen atoms in total. The molecule has 11 heteroatoms. The molecule has 3 aromatic rings. The lowest BCUT2D eigenvalue weighted by molar-refractivity contribution is -0.137. The quantitative estimate of drug-likeness (QED) is 0.512. The van der Waals surface area contributed by atoms with Crippen LogP contribution in [0.25, 0.3) is 11.1 Å². The Morgan fingerprint density at radius 3 is 2.56 bits per heavy atom. The number of hydrogen-bond donors (Lipinski definition) is 0. The van der Waals surface area contributed by atoms with Gasteiger partial charge >= 0.3 is 5.76 Å². The predicted octanol–water partition coefficient (Wildman–Crippen LogP) is 1.89. The number of methoxy groups -OCH3 is 1. The predicted molar refractivity (Wildman–Crippen MR) is 135 cm³/mol. The number of fused-ring (bicyclic) bond motifs is 1. The number of oxazole rings is 1. The SMILES string of the molecule is COc1ccccc1N1CCN(C(=O)[C@@H]2CCCN(S(=O)(=O)c3ccc4c(c3)oc(=O)n4C)C2)CC1. The van der Waals surface area contributed by atoms with Crippen molar-refractivity contribution in [3.05, 3.63) is 53.0 Å². The van der Waals surface area contributed by atoms with Crippen molar-refractivity contribution < 1.29 is 22.4 Å². The van der Waals surface area contributed by atoms with E-state index in [0.717, 1.165) is 11.4 Å². The number of piperidine rings is 1. The Kier molecular flexibility index (Phi) is 6.52. The molecule has 3 heterocycles. The maximum absolute atomic E-state index is 13.4. The van der Waals surface area contributed by atoms with Crippen molar-refractivity contribution in [2.24, 2.45) is 13.0 Å². The van der Waals surface area contributed by atoms with Gasteiger partial charge in [0.15, 0.2) is 5.58 Å². The summed E-state index contributed by atoms with van der Waals surface area (Å²) in [6.07, 6.45) is 1.27. The Labute approximate surface area is 209 Å². The van der Waals surface area contributed by atoms with Crippen LogP contribution >= 0.6 is 0 Å². The third-order valence-corrected chi connectivity index (χ3v) is 9.01. The van der Waals surface area contributed by atoms with Crippen LogP contribution in [0.3, 0.4) is 0 Å². The Hall–Kier alpha value is -3.31. The van der Waals surface area contributed by atoms with Gasteiger partial charge in [0.2, 0.25) is 15.9 Å². The summed E-state index contributed by atoms with van der Waals surface area (Å²) in [4.78, 5) is 29.2. The number of para-hydroxylation sites is 2. The third kappa shape index (κ3) is 4.37. The van der Waals surface area contributed by atoms with Gasteiger partial charge < -0.3 is 19.0 Å². The van der Waals surface area contributed by atoms with Gasteiger partial charge in [0.05, 0.1) is 29.1 Å². The number of carbonyl (C=O) groups is 1. The van der Waals surface area contributed by atoms with Gasteiger partial charge in [-0.05, 0) is 37.1 Å². The van der Waals surface area contributed by atoms with E-state index in [9.17, 15) is 18.0 Å². The molecule has 2 saturated heterocycles. The first-order valence-electron chi connectivity index (χ1n) is 12.1. The van der Waals surface area contributed by atoms with Crippen LogP contribution in [-0.4, -0.2) is 74.5 Å². The van der Waals surface area contributed by atoms with Crippen LogP contribution in [0.1, 0.15) is 12.8 Å². The average molecular weight is 515 g/mol. The first-order chi connectivity index (χ1) is 17.3. The van der Waals surface area contributed by atoms with Gasteiger partial charge in [0, 0.05) is 52.4 Å². The Morgan fingerprint density at radius 2 is 1.81 bits per heavy atom. The molecule has 0 bridgehead atoms.